The van der Waals surface area contributed by atoms with Gasteiger partial charge in [0, 0.05) is 13.1 Å². The van der Waals surface area contributed by atoms with Crippen molar-refractivity contribution in [3.05, 3.63) is 54.6 Å². The minimum Gasteiger partial charge on any atom is -0.478 e. The van der Waals surface area contributed by atoms with E-state index >= 15 is 0 Å². The first-order valence-corrected chi connectivity index (χ1v) is 6.11. The number of amides is 2. The van der Waals surface area contributed by atoms with Crippen molar-refractivity contribution in [1.82, 2.24) is 4.90 Å². The van der Waals surface area contributed by atoms with E-state index in [2.05, 4.69) is 18.5 Å². The Morgan fingerprint density at radius 1 is 1.30 bits per heavy atom. The van der Waals surface area contributed by atoms with Gasteiger partial charge in [0.05, 0.1) is 11.3 Å². The molecule has 0 aromatic heterocycles. The SMILES string of the molecule is C=CCN(CC=C)C(=O)Nc1c(C)cccc1C(=O)O. The summed E-state index contributed by atoms with van der Waals surface area (Å²) in [5.41, 5.74) is 1.06. The highest BCUT2D eigenvalue weighted by Crippen LogP contribution is 2.21. The molecule has 1 rings (SSSR count). The number of anilines is 1. The lowest BCUT2D eigenvalue weighted by Crippen LogP contribution is -2.35. The number of aryl methyl sites for hydroxylation is 1. The zero-order chi connectivity index (χ0) is 15.1. The summed E-state index contributed by atoms with van der Waals surface area (Å²) in [6.07, 6.45) is 3.19. The summed E-state index contributed by atoms with van der Waals surface area (Å²) in [6, 6.07) is 4.45. The molecule has 20 heavy (non-hydrogen) atoms. The van der Waals surface area contributed by atoms with Gasteiger partial charge in [0.2, 0.25) is 0 Å². The topological polar surface area (TPSA) is 69.6 Å². The molecule has 0 atom stereocenters. The fourth-order valence-electron chi connectivity index (χ4n) is 1.75. The van der Waals surface area contributed by atoms with Crippen LogP contribution in [0.15, 0.2) is 43.5 Å². The Balaban J connectivity index is 3.02. The Morgan fingerprint density at radius 2 is 1.90 bits per heavy atom. The number of carboxylic acids is 1. The summed E-state index contributed by atoms with van der Waals surface area (Å²) in [7, 11) is 0. The average Bonchev–Trinajstić information content (AvgIpc) is 2.40. The molecule has 1 aromatic rings. The minimum absolute atomic E-state index is 0.0653. The predicted molar refractivity (Wildman–Crippen MR) is 79.1 cm³/mol. The minimum atomic E-state index is -1.08. The molecule has 1 aromatic carbocycles. The lowest BCUT2D eigenvalue weighted by atomic mass is 10.1. The van der Waals surface area contributed by atoms with Crippen molar-refractivity contribution in [3.8, 4) is 0 Å². The third kappa shape index (κ3) is 3.71. The smallest absolute Gasteiger partial charge is 0.337 e. The lowest BCUT2D eigenvalue weighted by molar-refractivity contribution is 0.0698. The van der Waals surface area contributed by atoms with Gasteiger partial charge < -0.3 is 15.3 Å². The Labute approximate surface area is 118 Å². The van der Waals surface area contributed by atoms with Crippen LogP contribution in [0.2, 0.25) is 0 Å². The number of nitrogens with zero attached hydrogens (tertiary/aromatic N) is 1. The number of aromatic carboxylic acids is 1. The van der Waals surface area contributed by atoms with Crippen LogP contribution in [0.4, 0.5) is 10.5 Å². The number of rotatable bonds is 6. The molecule has 5 nitrogen and oxygen atoms in total. The molecule has 0 aliphatic heterocycles. The average molecular weight is 274 g/mol. The first kappa shape index (κ1) is 15.5. The van der Waals surface area contributed by atoms with Gasteiger partial charge >= 0.3 is 12.0 Å². The third-order valence-corrected chi connectivity index (χ3v) is 2.72. The summed E-state index contributed by atoms with van der Waals surface area (Å²) in [5.74, 6) is -1.08. The highest BCUT2D eigenvalue weighted by atomic mass is 16.4. The molecule has 0 unspecified atom stereocenters. The maximum atomic E-state index is 12.1. The number of carbonyl (C=O) groups excluding carboxylic acids is 1. The molecule has 0 saturated carbocycles. The van der Waals surface area contributed by atoms with Crippen LogP contribution >= 0.6 is 0 Å². The molecule has 106 valence electrons. The number of benzene rings is 1. The van der Waals surface area contributed by atoms with Crippen molar-refractivity contribution in [1.29, 1.82) is 0 Å². The van der Waals surface area contributed by atoms with Crippen LogP contribution in [-0.4, -0.2) is 35.1 Å². The molecule has 0 aliphatic carbocycles. The summed E-state index contributed by atoms with van der Waals surface area (Å²) < 4.78 is 0. The maximum Gasteiger partial charge on any atom is 0.337 e. The second-order valence-corrected chi connectivity index (χ2v) is 4.22. The molecule has 2 N–H and O–H groups in total. The number of urea groups is 1. The molecular formula is C15H18N2O3. The van der Waals surface area contributed by atoms with E-state index < -0.39 is 5.97 Å². The quantitative estimate of drug-likeness (QED) is 0.784. The fourth-order valence-corrected chi connectivity index (χ4v) is 1.75. The van der Waals surface area contributed by atoms with Gasteiger partial charge in [0.15, 0.2) is 0 Å². The summed E-state index contributed by atoms with van der Waals surface area (Å²) in [5, 5.41) is 11.8. The van der Waals surface area contributed by atoms with Crippen molar-refractivity contribution >= 4 is 17.7 Å². The van der Waals surface area contributed by atoms with Crippen LogP contribution in [0.25, 0.3) is 0 Å². The van der Waals surface area contributed by atoms with Crippen LogP contribution in [0.5, 0.6) is 0 Å². The summed E-state index contributed by atoms with van der Waals surface area (Å²) in [6.45, 7) is 9.62. The van der Waals surface area contributed by atoms with Crippen LogP contribution in [0, 0.1) is 6.92 Å². The standard InChI is InChI=1S/C15H18N2O3/c1-4-9-17(10-5-2)15(20)16-13-11(3)7-6-8-12(13)14(18)19/h4-8H,1-2,9-10H2,3H3,(H,16,20)(H,18,19). The van der Waals surface area contributed by atoms with Gasteiger partial charge in [-0.15, -0.1) is 13.2 Å². The first-order valence-electron chi connectivity index (χ1n) is 6.11. The highest BCUT2D eigenvalue weighted by molar-refractivity contribution is 6.01. The fraction of sp³-hybridized carbons (Fsp3) is 0.200. The van der Waals surface area contributed by atoms with E-state index in [1.165, 1.54) is 11.0 Å². The number of para-hydroxylation sites is 1. The highest BCUT2D eigenvalue weighted by Gasteiger charge is 2.17. The van der Waals surface area contributed by atoms with Crippen LogP contribution in [0.3, 0.4) is 0 Å². The number of carboxylic acid groups (broad SMARTS) is 1. The molecule has 5 heteroatoms. The number of hydrogen-bond acceptors (Lipinski definition) is 2. The second-order valence-electron chi connectivity index (χ2n) is 4.22. The molecule has 2 amide bonds. The van der Waals surface area contributed by atoms with E-state index in [9.17, 15) is 9.59 Å². The van der Waals surface area contributed by atoms with Crippen LogP contribution < -0.4 is 5.32 Å². The Kier molecular flexibility index (Phi) is 5.53. The van der Waals surface area contributed by atoms with E-state index in [-0.39, 0.29) is 11.6 Å². The predicted octanol–water partition coefficient (Wildman–Crippen LogP) is 2.90. The monoisotopic (exact) mass is 274 g/mol. The van der Waals surface area contributed by atoms with Crippen molar-refractivity contribution in [2.45, 2.75) is 6.92 Å². The zero-order valence-corrected chi connectivity index (χ0v) is 11.4. The van der Waals surface area contributed by atoms with Gasteiger partial charge in [0.25, 0.3) is 0 Å². The van der Waals surface area contributed by atoms with E-state index in [4.69, 9.17) is 5.11 Å². The Bertz CT molecular complexity index is 528. The van der Waals surface area contributed by atoms with Gasteiger partial charge in [-0.2, -0.15) is 0 Å². The van der Waals surface area contributed by atoms with E-state index in [0.717, 1.165) is 0 Å². The van der Waals surface area contributed by atoms with Crippen LogP contribution in [0.1, 0.15) is 15.9 Å². The molecular weight excluding hydrogens is 256 g/mol. The van der Waals surface area contributed by atoms with Crippen molar-refractivity contribution < 1.29 is 14.7 Å². The van der Waals surface area contributed by atoms with Crippen molar-refractivity contribution in [2.24, 2.45) is 0 Å². The first-order chi connectivity index (χ1) is 9.51. The van der Waals surface area contributed by atoms with Gasteiger partial charge in [0.1, 0.15) is 0 Å². The summed E-state index contributed by atoms with van der Waals surface area (Å²) in [4.78, 5) is 24.8. The van der Waals surface area contributed by atoms with E-state index in [1.54, 1.807) is 31.2 Å². The maximum absolute atomic E-state index is 12.1. The van der Waals surface area contributed by atoms with E-state index in [1.807, 2.05) is 0 Å². The van der Waals surface area contributed by atoms with Gasteiger partial charge in [-0.05, 0) is 18.6 Å². The van der Waals surface area contributed by atoms with Crippen molar-refractivity contribution in [2.75, 3.05) is 18.4 Å². The molecule has 0 fully saturated rings. The Morgan fingerprint density at radius 3 is 2.40 bits per heavy atom. The molecule has 0 spiro atoms. The second kappa shape index (κ2) is 7.13. The third-order valence-electron chi connectivity index (χ3n) is 2.72. The number of hydrogen-bond donors (Lipinski definition) is 2. The van der Waals surface area contributed by atoms with Crippen LogP contribution in [-0.2, 0) is 0 Å². The molecule has 0 heterocycles. The number of carbonyl (C=O) groups is 2. The lowest BCUT2D eigenvalue weighted by Gasteiger charge is -2.21. The van der Waals surface area contributed by atoms with Gasteiger partial charge in [-0.1, -0.05) is 24.3 Å². The molecule has 0 radical (unpaired) electrons. The van der Waals surface area contributed by atoms with Crippen molar-refractivity contribution in [3.63, 3.8) is 0 Å². The van der Waals surface area contributed by atoms with Gasteiger partial charge in [-0.25, -0.2) is 9.59 Å². The molecule has 0 aliphatic rings. The van der Waals surface area contributed by atoms with Gasteiger partial charge in [-0.3, -0.25) is 0 Å². The zero-order valence-electron chi connectivity index (χ0n) is 11.4. The van der Waals surface area contributed by atoms with E-state index in [0.29, 0.717) is 24.3 Å². The summed E-state index contributed by atoms with van der Waals surface area (Å²) >= 11 is 0. The largest absolute Gasteiger partial charge is 0.478 e. The normalized spacial score (nSPS) is 9.65. The molecule has 0 bridgehead atoms. The molecule has 0 saturated heterocycles. The Hall–Kier alpha value is -2.56. The number of nitrogens with one attached hydrogen (secondary N) is 1.